The molecule has 0 saturated carbocycles. The van der Waals surface area contributed by atoms with Gasteiger partial charge in [0.05, 0.1) is 18.2 Å². The van der Waals surface area contributed by atoms with Crippen molar-refractivity contribution < 1.29 is 19.0 Å². The molecule has 0 radical (unpaired) electrons. The Kier molecular flexibility index (Phi) is 7.64. The summed E-state index contributed by atoms with van der Waals surface area (Å²) in [6, 6.07) is 15.3. The maximum atomic E-state index is 13.2. The van der Waals surface area contributed by atoms with E-state index in [0.717, 1.165) is 10.9 Å². The van der Waals surface area contributed by atoms with Gasteiger partial charge in [0.1, 0.15) is 19.8 Å². The molecule has 0 bridgehead atoms. The molecule has 1 atom stereocenters. The lowest BCUT2D eigenvalue weighted by atomic mass is 10.1. The number of ether oxygens (including phenoxy) is 3. The molecular weight excluding hydrogens is 488 g/mol. The van der Waals surface area contributed by atoms with Crippen molar-refractivity contribution in [2.24, 2.45) is 0 Å². The zero-order chi connectivity index (χ0) is 26.5. The van der Waals surface area contributed by atoms with Gasteiger partial charge >= 0.3 is 5.97 Å². The van der Waals surface area contributed by atoms with Gasteiger partial charge in [-0.1, -0.05) is 37.3 Å². The predicted molar refractivity (Wildman–Crippen MR) is 139 cm³/mol. The number of hydrogen-bond acceptors (Lipinski definition) is 9. The lowest BCUT2D eigenvalue weighted by molar-refractivity contribution is -0.144. The van der Waals surface area contributed by atoms with E-state index in [1.165, 1.54) is 4.68 Å². The molecule has 1 N–H and O–H groups in total. The molecule has 4 aromatic rings. The van der Waals surface area contributed by atoms with Crippen molar-refractivity contribution in [1.29, 1.82) is 0 Å². The highest BCUT2D eigenvalue weighted by atomic mass is 16.6. The van der Waals surface area contributed by atoms with Crippen LogP contribution in [-0.4, -0.2) is 55.9 Å². The van der Waals surface area contributed by atoms with Gasteiger partial charge in [-0.25, -0.2) is 4.68 Å². The Bertz CT molecular complexity index is 1470. The molecule has 11 nitrogen and oxygen atoms in total. The van der Waals surface area contributed by atoms with E-state index in [1.807, 2.05) is 49.4 Å². The van der Waals surface area contributed by atoms with Crippen LogP contribution in [0.25, 0.3) is 10.9 Å². The first kappa shape index (κ1) is 25.4. The van der Waals surface area contributed by atoms with Gasteiger partial charge in [0.15, 0.2) is 17.3 Å². The Hall–Kier alpha value is -4.25. The Morgan fingerprint density at radius 2 is 1.87 bits per heavy atom. The topological polar surface area (TPSA) is 124 Å². The first-order valence-electron chi connectivity index (χ1n) is 12.7. The fourth-order valence-electron chi connectivity index (χ4n) is 4.71. The van der Waals surface area contributed by atoms with E-state index >= 15 is 0 Å². The van der Waals surface area contributed by atoms with Gasteiger partial charge in [0, 0.05) is 30.1 Å². The van der Waals surface area contributed by atoms with E-state index in [4.69, 9.17) is 14.2 Å². The van der Waals surface area contributed by atoms with Crippen LogP contribution in [0.3, 0.4) is 0 Å². The third-order valence-corrected chi connectivity index (χ3v) is 6.46. The summed E-state index contributed by atoms with van der Waals surface area (Å²) in [5.41, 5.74) is 2.16. The van der Waals surface area contributed by atoms with Crippen LogP contribution in [0.2, 0.25) is 0 Å². The number of nitrogens with one attached hydrogen (secondary N) is 1. The van der Waals surface area contributed by atoms with Crippen LogP contribution < -0.4 is 15.0 Å². The number of H-pyrrole nitrogens is 1. The molecule has 1 unspecified atom stereocenters. The zero-order valence-electron chi connectivity index (χ0n) is 21.4. The molecule has 1 aliphatic rings. The Balaban J connectivity index is 1.50. The number of rotatable bonds is 10. The van der Waals surface area contributed by atoms with E-state index < -0.39 is 5.97 Å². The third kappa shape index (κ3) is 5.52. The van der Waals surface area contributed by atoms with E-state index in [-0.39, 0.29) is 24.8 Å². The van der Waals surface area contributed by atoms with Crippen LogP contribution in [0, 0.1) is 0 Å². The van der Waals surface area contributed by atoms with Gasteiger partial charge in [0.2, 0.25) is 0 Å². The molecule has 2 aromatic carbocycles. The van der Waals surface area contributed by atoms with Gasteiger partial charge in [0.25, 0.3) is 5.56 Å². The maximum absolute atomic E-state index is 13.2. The normalized spacial score (nSPS) is 13.6. The van der Waals surface area contributed by atoms with Gasteiger partial charge in [-0.3, -0.25) is 14.5 Å². The number of aromatic amines is 1. The number of tetrazole rings is 1. The Morgan fingerprint density at radius 1 is 1.11 bits per heavy atom. The molecule has 2 aromatic heterocycles. The minimum atomic E-state index is -0.411. The highest BCUT2D eigenvalue weighted by Gasteiger charge is 2.27. The summed E-state index contributed by atoms with van der Waals surface area (Å²) in [5, 5.41) is 13.0. The van der Waals surface area contributed by atoms with Crippen molar-refractivity contribution in [3.63, 3.8) is 0 Å². The number of carbonyl (C=O) groups is 1. The monoisotopic (exact) mass is 518 g/mol. The number of fused-ring (bicyclic) bond motifs is 2. The average Bonchev–Trinajstić information content (AvgIpc) is 3.36. The quantitative estimate of drug-likeness (QED) is 0.315. The molecule has 0 saturated heterocycles. The van der Waals surface area contributed by atoms with Gasteiger partial charge < -0.3 is 19.2 Å². The summed E-state index contributed by atoms with van der Waals surface area (Å²) in [4.78, 5) is 30.5. The largest absolute Gasteiger partial charge is 0.486 e. The average molecular weight is 519 g/mol. The molecule has 1 aliphatic heterocycles. The first-order valence-corrected chi connectivity index (χ1v) is 12.7. The number of benzene rings is 2. The molecule has 3 heterocycles. The van der Waals surface area contributed by atoms with Crippen LogP contribution in [0.1, 0.15) is 43.3 Å². The molecular formula is C27H30N6O5. The van der Waals surface area contributed by atoms with Gasteiger partial charge in [-0.15, -0.1) is 5.10 Å². The fraction of sp³-hybridized carbons (Fsp3) is 0.370. The van der Waals surface area contributed by atoms with Crippen LogP contribution in [0.4, 0.5) is 0 Å². The van der Waals surface area contributed by atoms with Crippen molar-refractivity contribution in [3.05, 3.63) is 75.8 Å². The number of pyridine rings is 1. The number of nitrogens with zero attached hydrogens (tertiary/aromatic N) is 5. The van der Waals surface area contributed by atoms with Crippen molar-refractivity contribution in [2.75, 3.05) is 19.8 Å². The minimum absolute atomic E-state index is 0.0877. The lowest BCUT2D eigenvalue weighted by Gasteiger charge is -2.30. The smallest absolute Gasteiger partial charge is 0.327 e. The summed E-state index contributed by atoms with van der Waals surface area (Å²) in [6.45, 7) is 5.81. The van der Waals surface area contributed by atoms with Crippen molar-refractivity contribution >= 4 is 16.9 Å². The molecule has 0 amide bonds. The van der Waals surface area contributed by atoms with Crippen molar-refractivity contribution in [1.82, 2.24) is 30.1 Å². The van der Waals surface area contributed by atoms with E-state index in [1.54, 1.807) is 13.0 Å². The zero-order valence-corrected chi connectivity index (χ0v) is 21.4. The summed E-state index contributed by atoms with van der Waals surface area (Å²) < 4.78 is 18.0. The maximum Gasteiger partial charge on any atom is 0.327 e. The Morgan fingerprint density at radius 3 is 2.61 bits per heavy atom. The molecule has 198 valence electrons. The third-order valence-electron chi connectivity index (χ3n) is 6.46. The highest BCUT2D eigenvalue weighted by Crippen LogP contribution is 2.34. The second kappa shape index (κ2) is 11.4. The number of aromatic nitrogens is 5. The number of esters is 1. The van der Waals surface area contributed by atoms with Crippen molar-refractivity contribution in [3.8, 4) is 11.5 Å². The summed E-state index contributed by atoms with van der Waals surface area (Å²) in [7, 11) is 0. The standard InChI is InChI=1S/C27H30N6O5/c1-3-22(26-29-30-31-33(26)17-25(34)36-4-2)32(15-18-8-6-5-7-9-18)16-20-12-19-13-23-24(38-11-10-37-23)14-21(19)28-27(20)35/h5-9,12-14,22H,3-4,10-11,15-17H2,1-2H3,(H,28,35). The predicted octanol–water partition coefficient (Wildman–Crippen LogP) is 3.00. The van der Waals surface area contributed by atoms with Crippen LogP contribution in [0.15, 0.2) is 53.3 Å². The summed E-state index contributed by atoms with van der Waals surface area (Å²) >= 11 is 0. The first-order chi connectivity index (χ1) is 18.6. The summed E-state index contributed by atoms with van der Waals surface area (Å²) in [6.07, 6.45) is 0.653. The van der Waals surface area contributed by atoms with E-state index in [2.05, 4.69) is 25.4 Å². The van der Waals surface area contributed by atoms with Crippen molar-refractivity contribution in [2.45, 2.75) is 45.9 Å². The minimum Gasteiger partial charge on any atom is -0.486 e. The fourth-order valence-corrected chi connectivity index (χ4v) is 4.71. The Labute approximate surface area is 219 Å². The summed E-state index contributed by atoms with van der Waals surface area (Å²) in [5.74, 6) is 1.41. The van der Waals surface area contributed by atoms with Crippen LogP contribution in [-0.2, 0) is 29.2 Å². The molecule has 0 fully saturated rings. The second-order valence-corrected chi connectivity index (χ2v) is 9.02. The molecule has 38 heavy (non-hydrogen) atoms. The highest BCUT2D eigenvalue weighted by molar-refractivity contribution is 5.83. The number of hydrogen-bond donors (Lipinski definition) is 1. The van der Waals surface area contributed by atoms with Crippen LogP contribution in [0.5, 0.6) is 11.5 Å². The second-order valence-electron chi connectivity index (χ2n) is 9.02. The molecule has 0 aliphatic carbocycles. The molecule has 0 spiro atoms. The van der Waals surface area contributed by atoms with Gasteiger partial charge in [-0.2, -0.15) is 0 Å². The van der Waals surface area contributed by atoms with Gasteiger partial charge in [-0.05, 0) is 41.5 Å². The van der Waals surface area contributed by atoms with E-state index in [9.17, 15) is 9.59 Å². The van der Waals surface area contributed by atoms with Crippen LogP contribution >= 0.6 is 0 Å². The number of carbonyl (C=O) groups excluding carboxylic acids is 1. The van der Waals surface area contributed by atoms with E-state index in [0.29, 0.717) is 61.1 Å². The molecule has 5 rings (SSSR count). The SMILES string of the molecule is CCOC(=O)Cn1nnnc1C(CC)N(Cc1ccccc1)Cc1cc2cc3c(cc2[nH]c1=O)OCCO3. The molecule has 11 heteroatoms. The lowest BCUT2D eigenvalue weighted by Crippen LogP contribution is -2.33.